The second-order valence-electron chi connectivity index (χ2n) is 4.07. The molecule has 0 radical (unpaired) electrons. The highest BCUT2D eigenvalue weighted by Crippen LogP contribution is 2.15. The van der Waals surface area contributed by atoms with Gasteiger partial charge in [0.1, 0.15) is 11.5 Å². The zero-order valence-electron chi connectivity index (χ0n) is 10.5. The van der Waals surface area contributed by atoms with Crippen LogP contribution in [0, 0.1) is 6.92 Å². The summed E-state index contributed by atoms with van der Waals surface area (Å²) in [5.41, 5.74) is 5.78. The molecule has 0 aliphatic carbocycles. The molecule has 1 rings (SSSR count). The molecule has 17 heavy (non-hydrogen) atoms. The summed E-state index contributed by atoms with van der Waals surface area (Å²) < 4.78 is 5.45. The molecular formula is C12H20N2O2S. The monoisotopic (exact) mass is 256 g/mol. The molecule has 5 heteroatoms. The van der Waals surface area contributed by atoms with Crippen LogP contribution >= 0.6 is 11.8 Å². The summed E-state index contributed by atoms with van der Waals surface area (Å²) in [5, 5.41) is 2.85. The fraction of sp³-hybridized carbons (Fsp3) is 0.583. The van der Waals surface area contributed by atoms with E-state index in [0.29, 0.717) is 6.42 Å². The zero-order chi connectivity index (χ0) is 12.8. The maximum Gasteiger partial charge on any atom is 0.237 e. The molecule has 0 bridgehead atoms. The molecule has 1 aromatic rings. The highest BCUT2D eigenvalue weighted by Gasteiger charge is 2.17. The van der Waals surface area contributed by atoms with Crippen molar-refractivity contribution in [2.75, 3.05) is 12.0 Å². The third-order valence-corrected chi connectivity index (χ3v) is 3.16. The van der Waals surface area contributed by atoms with Crippen LogP contribution in [0.25, 0.3) is 0 Å². The van der Waals surface area contributed by atoms with Crippen LogP contribution in [-0.2, 0) is 4.79 Å². The molecule has 0 spiro atoms. The van der Waals surface area contributed by atoms with Crippen LogP contribution in [0.15, 0.2) is 16.5 Å². The number of hydrogen-bond donors (Lipinski definition) is 2. The van der Waals surface area contributed by atoms with Crippen molar-refractivity contribution in [1.29, 1.82) is 0 Å². The van der Waals surface area contributed by atoms with Crippen LogP contribution in [0.3, 0.4) is 0 Å². The number of carbonyl (C=O) groups is 1. The van der Waals surface area contributed by atoms with Crippen molar-refractivity contribution in [1.82, 2.24) is 5.32 Å². The van der Waals surface area contributed by atoms with E-state index in [9.17, 15) is 4.79 Å². The van der Waals surface area contributed by atoms with Gasteiger partial charge in [0.15, 0.2) is 0 Å². The lowest BCUT2D eigenvalue weighted by atomic mass is 10.2. The lowest BCUT2D eigenvalue weighted by molar-refractivity contribution is -0.123. The summed E-state index contributed by atoms with van der Waals surface area (Å²) in [6, 6.07) is 3.16. The van der Waals surface area contributed by atoms with Crippen molar-refractivity contribution in [2.24, 2.45) is 5.73 Å². The second kappa shape index (κ2) is 6.71. The Kier molecular flexibility index (Phi) is 5.58. The number of aryl methyl sites for hydroxylation is 1. The molecule has 96 valence electrons. The average Bonchev–Trinajstić information content (AvgIpc) is 2.72. The molecule has 1 heterocycles. The van der Waals surface area contributed by atoms with E-state index >= 15 is 0 Å². The number of nitrogens with one attached hydrogen (secondary N) is 1. The van der Waals surface area contributed by atoms with Crippen LogP contribution in [0.4, 0.5) is 0 Å². The smallest absolute Gasteiger partial charge is 0.237 e. The standard InChI is InChI=1S/C12H20N2O2S/c1-8-4-5-11(16-8)9(2)14-12(15)10(13)6-7-17-3/h4-5,9-10H,6-7,13H2,1-3H3,(H,14,15)/t9?,10-/m1/s1. The molecule has 4 nitrogen and oxygen atoms in total. The summed E-state index contributed by atoms with van der Waals surface area (Å²) in [7, 11) is 0. The molecule has 1 aromatic heterocycles. The first-order chi connectivity index (χ1) is 8.04. The predicted octanol–water partition coefficient (Wildman–Crippen LogP) is 1.85. The van der Waals surface area contributed by atoms with E-state index in [4.69, 9.17) is 10.2 Å². The molecular weight excluding hydrogens is 236 g/mol. The molecule has 0 aliphatic heterocycles. The van der Waals surface area contributed by atoms with E-state index in [1.165, 1.54) is 0 Å². The fourth-order valence-corrected chi connectivity index (χ4v) is 1.94. The Bertz CT molecular complexity index is 365. The molecule has 3 N–H and O–H groups in total. The lowest BCUT2D eigenvalue weighted by Crippen LogP contribution is -2.41. The lowest BCUT2D eigenvalue weighted by Gasteiger charge is -2.15. The van der Waals surface area contributed by atoms with Gasteiger partial charge in [-0.2, -0.15) is 11.8 Å². The molecule has 1 unspecified atom stereocenters. The van der Waals surface area contributed by atoms with Crippen molar-refractivity contribution in [3.05, 3.63) is 23.7 Å². The van der Waals surface area contributed by atoms with Gasteiger partial charge in [-0.05, 0) is 44.4 Å². The third-order valence-electron chi connectivity index (χ3n) is 2.52. The van der Waals surface area contributed by atoms with Gasteiger partial charge in [0.2, 0.25) is 5.91 Å². The Morgan fingerprint density at radius 3 is 2.82 bits per heavy atom. The number of amides is 1. The summed E-state index contributed by atoms with van der Waals surface area (Å²) in [6.45, 7) is 3.76. The normalized spacial score (nSPS) is 14.4. The molecule has 0 saturated carbocycles. The molecule has 0 aliphatic rings. The van der Waals surface area contributed by atoms with Crippen molar-refractivity contribution >= 4 is 17.7 Å². The zero-order valence-corrected chi connectivity index (χ0v) is 11.3. The van der Waals surface area contributed by atoms with Crippen molar-refractivity contribution in [2.45, 2.75) is 32.4 Å². The minimum atomic E-state index is -0.444. The highest BCUT2D eigenvalue weighted by atomic mass is 32.2. The highest BCUT2D eigenvalue weighted by molar-refractivity contribution is 7.98. The number of rotatable bonds is 6. The second-order valence-corrected chi connectivity index (χ2v) is 5.05. The van der Waals surface area contributed by atoms with E-state index < -0.39 is 6.04 Å². The van der Waals surface area contributed by atoms with Crippen LogP contribution in [0.2, 0.25) is 0 Å². The third kappa shape index (κ3) is 4.44. The van der Waals surface area contributed by atoms with Crippen molar-refractivity contribution in [3.8, 4) is 0 Å². The van der Waals surface area contributed by atoms with Gasteiger partial charge in [-0.15, -0.1) is 0 Å². The van der Waals surface area contributed by atoms with Crippen LogP contribution < -0.4 is 11.1 Å². The number of carbonyl (C=O) groups excluding carboxylic acids is 1. The van der Waals surface area contributed by atoms with Gasteiger partial charge in [-0.25, -0.2) is 0 Å². The van der Waals surface area contributed by atoms with E-state index in [1.54, 1.807) is 11.8 Å². The number of nitrogens with two attached hydrogens (primary N) is 1. The Hall–Kier alpha value is -0.940. The topological polar surface area (TPSA) is 68.3 Å². The van der Waals surface area contributed by atoms with Gasteiger partial charge < -0.3 is 15.5 Å². The molecule has 2 atom stereocenters. The van der Waals surface area contributed by atoms with Gasteiger partial charge in [0, 0.05) is 0 Å². The van der Waals surface area contributed by atoms with Gasteiger partial charge in [-0.3, -0.25) is 4.79 Å². The molecule has 1 amide bonds. The summed E-state index contributed by atoms with van der Waals surface area (Å²) >= 11 is 1.69. The van der Waals surface area contributed by atoms with E-state index in [-0.39, 0.29) is 11.9 Å². The fourth-order valence-electron chi connectivity index (χ4n) is 1.45. The molecule has 0 fully saturated rings. The quantitative estimate of drug-likeness (QED) is 0.815. The van der Waals surface area contributed by atoms with Crippen LogP contribution in [0.5, 0.6) is 0 Å². The van der Waals surface area contributed by atoms with Gasteiger partial charge >= 0.3 is 0 Å². The van der Waals surface area contributed by atoms with E-state index in [2.05, 4.69) is 5.32 Å². The Morgan fingerprint density at radius 1 is 1.59 bits per heavy atom. The van der Waals surface area contributed by atoms with Gasteiger partial charge in [0.25, 0.3) is 0 Å². The minimum absolute atomic E-state index is 0.124. The first-order valence-corrected chi connectivity index (χ1v) is 7.05. The maximum atomic E-state index is 11.8. The van der Waals surface area contributed by atoms with Crippen molar-refractivity contribution in [3.63, 3.8) is 0 Å². The first-order valence-electron chi connectivity index (χ1n) is 5.65. The molecule has 0 saturated heterocycles. The Balaban J connectivity index is 2.45. The minimum Gasteiger partial charge on any atom is -0.464 e. The SMILES string of the molecule is CSCC[C@@H](N)C(=O)NC(C)c1ccc(C)o1. The first kappa shape index (κ1) is 14.1. The number of furan rings is 1. The summed E-state index contributed by atoms with van der Waals surface area (Å²) in [6.07, 6.45) is 2.69. The number of hydrogen-bond acceptors (Lipinski definition) is 4. The van der Waals surface area contributed by atoms with Crippen LogP contribution in [-0.4, -0.2) is 24.0 Å². The summed E-state index contributed by atoms with van der Waals surface area (Å²) in [5.74, 6) is 2.37. The largest absolute Gasteiger partial charge is 0.464 e. The van der Waals surface area contributed by atoms with E-state index in [0.717, 1.165) is 17.3 Å². The number of thioether (sulfide) groups is 1. The Morgan fingerprint density at radius 2 is 2.29 bits per heavy atom. The maximum absolute atomic E-state index is 11.8. The van der Waals surface area contributed by atoms with Gasteiger partial charge in [-0.1, -0.05) is 0 Å². The predicted molar refractivity (Wildman–Crippen MR) is 71.0 cm³/mol. The Labute approximate surface area is 106 Å². The van der Waals surface area contributed by atoms with Crippen LogP contribution in [0.1, 0.15) is 30.9 Å². The van der Waals surface area contributed by atoms with E-state index in [1.807, 2.05) is 32.2 Å². The average molecular weight is 256 g/mol. The van der Waals surface area contributed by atoms with Crippen molar-refractivity contribution < 1.29 is 9.21 Å². The van der Waals surface area contributed by atoms with Gasteiger partial charge in [0.05, 0.1) is 12.1 Å². The molecule has 0 aromatic carbocycles. The summed E-state index contributed by atoms with van der Waals surface area (Å²) in [4.78, 5) is 11.8.